The third kappa shape index (κ3) is 23.3. The van der Waals surface area contributed by atoms with E-state index in [0.29, 0.717) is 24.1 Å². The molecule has 0 aromatic heterocycles. The first-order chi connectivity index (χ1) is 19.2. The topological polar surface area (TPSA) is 65.0 Å². The molecule has 0 aromatic carbocycles. The molecular weight excluding hydrogens is 521 g/mol. The van der Waals surface area contributed by atoms with E-state index in [0.717, 1.165) is 12.8 Å². The highest BCUT2D eigenvalue weighted by Crippen LogP contribution is 2.51. The van der Waals surface area contributed by atoms with Crippen molar-refractivity contribution in [3.63, 3.8) is 0 Å². The van der Waals surface area contributed by atoms with E-state index in [4.69, 9.17) is 14.0 Å². The Balaban J connectivity index is 3.62. The van der Waals surface area contributed by atoms with E-state index in [1.165, 1.54) is 109 Å². The van der Waals surface area contributed by atoms with Crippen molar-refractivity contribution in [3.8, 4) is 0 Å². The van der Waals surface area contributed by atoms with Crippen LogP contribution < -0.4 is 0 Å². The molecule has 0 aromatic rings. The van der Waals surface area contributed by atoms with Crippen LogP contribution in [0.15, 0.2) is 12.2 Å². The Labute approximate surface area is 249 Å². The first kappa shape index (κ1) is 39.8. The third-order valence-electron chi connectivity index (χ3n) is 7.70. The van der Waals surface area contributed by atoms with Crippen LogP contribution in [-0.2, 0) is 18.6 Å². The molecule has 0 saturated heterocycles. The van der Waals surface area contributed by atoms with Gasteiger partial charge in [-0.15, -0.1) is 0 Å². The summed E-state index contributed by atoms with van der Waals surface area (Å²) in [5.74, 6) is -0.442. The summed E-state index contributed by atoms with van der Waals surface area (Å²) in [5, 5.41) is 0. The Kier molecular flexibility index (Phi) is 26.2. The molecule has 0 aliphatic rings. The van der Waals surface area contributed by atoms with Crippen molar-refractivity contribution in [3.05, 3.63) is 12.2 Å². The van der Waals surface area contributed by atoms with Gasteiger partial charge in [0.2, 0.25) is 0 Å². The summed E-state index contributed by atoms with van der Waals surface area (Å²) >= 11 is 0. The predicted molar refractivity (Wildman–Crippen MR) is 172 cm³/mol. The second-order valence-electron chi connectivity index (χ2n) is 12.5. The predicted octanol–water partition coefficient (Wildman–Crippen LogP) is 9.65. The highest BCUT2D eigenvalue weighted by Gasteiger charge is 2.42. The van der Waals surface area contributed by atoms with Crippen molar-refractivity contribution in [1.82, 2.24) is 0 Å². The first-order valence-corrected chi connectivity index (χ1v) is 18.4. The number of rotatable bonds is 30. The lowest BCUT2D eigenvalue weighted by Gasteiger charge is -2.36. The summed E-state index contributed by atoms with van der Waals surface area (Å²) in [5.41, 5.74) is 0. The van der Waals surface area contributed by atoms with Crippen LogP contribution in [0.1, 0.15) is 142 Å². The number of hydrogen-bond donors (Lipinski definition) is 1. The van der Waals surface area contributed by atoms with E-state index < -0.39 is 13.4 Å². The van der Waals surface area contributed by atoms with Crippen LogP contribution in [0.4, 0.5) is 0 Å². The zero-order valence-electron chi connectivity index (χ0n) is 27.5. The van der Waals surface area contributed by atoms with Gasteiger partial charge in [0.1, 0.15) is 6.10 Å². The standard InChI is InChI=1S/C33H68NO5P/c1-7-9-10-11-12-13-14-15-16-17-18-19-20-21-22-23-24-25-26-27-29-38-30-32(37-6)31-39-40(35,36)33(28-8-2)34(3,4)5/h16-17,32-33H,7-15,18-31H2,1-6H3/p+1/b17-16-/t32-,33?/m1/s1. The van der Waals surface area contributed by atoms with Gasteiger partial charge in [-0.1, -0.05) is 109 Å². The molecule has 0 bridgehead atoms. The highest BCUT2D eigenvalue weighted by molar-refractivity contribution is 7.53. The van der Waals surface area contributed by atoms with Gasteiger partial charge in [0.25, 0.3) is 0 Å². The lowest BCUT2D eigenvalue weighted by atomic mass is 10.1. The normalized spacial score (nSPS) is 15.5. The third-order valence-corrected chi connectivity index (χ3v) is 9.92. The minimum absolute atomic E-state index is 0.0695. The number of ether oxygens (including phenoxy) is 2. The molecule has 0 fully saturated rings. The number of hydrogen-bond acceptors (Lipinski definition) is 4. The summed E-state index contributed by atoms with van der Waals surface area (Å²) < 4.78 is 30.0. The molecule has 0 radical (unpaired) electrons. The molecule has 0 amide bonds. The fourth-order valence-corrected chi connectivity index (χ4v) is 7.09. The monoisotopic (exact) mass is 590 g/mol. The summed E-state index contributed by atoms with van der Waals surface area (Å²) in [6.07, 6.45) is 29.8. The SMILES string of the molecule is CCCCCCCCC/C=C\CCCCCCCCCCCOC[C@H](COP(=O)(O)C(CCC)[N+](C)(C)C)OC. The average Bonchev–Trinajstić information content (AvgIpc) is 2.91. The van der Waals surface area contributed by atoms with Crippen LogP contribution in [0, 0.1) is 0 Å². The van der Waals surface area contributed by atoms with Crippen LogP contribution in [-0.4, -0.2) is 69.3 Å². The first-order valence-electron chi connectivity index (χ1n) is 16.7. The number of allylic oxidation sites excluding steroid dienone is 2. The molecule has 0 aliphatic carbocycles. The van der Waals surface area contributed by atoms with Crippen molar-refractivity contribution in [1.29, 1.82) is 0 Å². The summed E-state index contributed by atoms with van der Waals surface area (Å²) in [6, 6.07) is 0. The number of methoxy groups -OCH3 is 1. The molecule has 3 atom stereocenters. The molecule has 40 heavy (non-hydrogen) atoms. The van der Waals surface area contributed by atoms with Crippen LogP contribution in [0.2, 0.25) is 0 Å². The minimum Gasteiger partial charge on any atom is -0.379 e. The lowest BCUT2D eigenvalue weighted by Crippen LogP contribution is -2.45. The van der Waals surface area contributed by atoms with Crippen LogP contribution in [0.5, 0.6) is 0 Å². The van der Waals surface area contributed by atoms with Gasteiger partial charge in [-0.25, -0.2) is 0 Å². The van der Waals surface area contributed by atoms with Crippen molar-refractivity contribution in [2.45, 2.75) is 154 Å². The Bertz CT molecular complexity index is 622. The molecule has 1 N–H and O–H groups in total. The van der Waals surface area contributed by atoms with E-state index in [9.17, 15) is 9.46 Å². The zero-order chi connectivity index (χ0) is 30.0. The molecule has 7 heteroatoms. The highest BCUT2D eigenvalue weighted by atomic mass is 31.2. The summed E-state index contributed by atoms with van der Waals surface area (Å²) in [6.45, 7) is 5.45. The van der Waals surface area contributed by atoms with Gasteiger partial charge in [0.15, 0.2) is 5.78 Å². The number of quaternary nitrogens is 1. The molecular formula is C33H69NO5P+. The van der Waals surface area contributed by atoms with Crippen LogP contribution in [0.25, 0.3) is 0 Å². The molecule has 240 valence electrons. The van der Waals surface area contributed by atoms with Gasteiger partial charge in [0.05, 0.1) is 34.4 Å². The zero-order valence-corrected chi connectivity index (χ0v) is 28.4. The van der Waals surface area contributed by atoms with Crippen molar-refractivity contribution in [2.75, 3.05) is 48.1 Å². The second-order valence-corrected chi connectivity index (χ2v) is 14.5. The van der Waals surface area contributed by atoms with E-state index in [1.54, 1.807) is 7.11 Å². The van der Waals surface area contributed by atoms with Gasteiger partial charge < -0.3 is 23.4 Å². The Morgan fingerprint density at radius 2 is 1.18 bits per heavy atom. The Hall–Kier alpha value is -0.230. The maximum Gasteiger partial charge on any atom is 0.385 e. The largest absolute Gasteiger partial charge is 0.385 e. The maximum atomic E-state index is 12.9. The molecule has 2 unspecified atom stereocenters. The van der Waals surface area contributed by atoms with Gasteiger partial charge >= 0.3 is 7.60 Å². The van der Waals surface area contributed by atoms with Gasteiger partial charge in [-0.05, 0) is 38.5 Å². The average molecular weight is 591 g/mol. The summed E-state index contributed by atoms with van der Waals surface area (Å²) in [7, 11) is 3.64. The Morgan fingerprint density at radius 1 is 0.700 bits per heavy atom. The second kappa shape index (κ2) is 26.4. The molecule has 0 aliphatic heterocycles. The van der Waals surface area contributed by atoms with E-state index in [1.807, 2.05) is 28.1 Å². The molecule has 0 rings (SSSR count). The van der Waals surface area contributed by atoms with E-state index >= 15 is 0 Å². The van der Waals surface area contributed by atoms with Crippen molar-refractivity contribution >= 4 is 7.60 Å². The van der Waals surface area contributed by atoms with E-state index in [-0.39, 0.29) is 12.7 Å². The van der Waals surface area contributed by atoms with E-state index in [2.05, 4.69) is 19.1 Å². The smallest absolute Gasteiger partial charge is 0.379 e. The van der Waals surface area contributed by atoms with Gasteiger partial charge in [-0.2, -0.15) is 0 Å². The molecule has 6 nitrogen and oxygen atoms in total. The van der Waals surface area contributed by atoms with Crippen molar-refractivity contribution < 1.29 is 27.9 Å². The number of nitrogens with zero attached hydrogens (tertiary/aromatic N) is 1. The fourth-order valence-electron chi connectivity index (χ4n) is 5.08. The lowest BCUT2D eigenvalue weighted by molar-refractivity contribution is -0.883. The van der Waals surface area contributed by atoms with Crippen LogP contribution in [0.3, 0.4) is 0 Å². The quantitative estimate of drug-likeness (QED) is 0.0390. The Morgan fingerprint density at radius 3 is 1.62 bits per heavy atom. The maximum absolute atomic E-state index is 12.9. The number of unbranched alkanes of at least 4 members (excludes halogenated alkanes) is 16. The van der Waals surface area contributed by atoms with Gasteiger partial charge in [0, 0.05) is 20.1 Å². The minimum atomic E-state index is -3.76. The fraction of sp³-hybridized carbons (Fsp3) is 0.939. The van der Waals surface area contributed by atoms with Crippen molar-refractivity contribution in [2.24, 2.45) is 0 Å². The van der Waals surface area contributed by atoms with Gasteiger partial charge in [-0.3, -0.25) is 4.57 Å². The molecule has 0 saturated carbocycles. The molecule has 0 heterocycles. The molecule has 0 spiro atoms. The summed E-state index contributed by atoms with van der Waals surface area (Å²) in [4.78, 5) is 10.6. The van der Waals surface area contributed by atoms with Crippen LogP contribution >= 0.6 is 7.60 Å².